The Balaban J connectivity index is 1.73. The molecule has 0 aliphatic rings. The van der Waals surface area contributed by atoms with Gasteiger partial charge in [0.05, 0.1) is 18.4 Å². The van der Waals surface area contributed by atoms with Crippen LogP contribution in [0, 0.1) is 0 Å². The predicted octanol–water partition coefficient (Wildman–Crippen LogP) is 4.81. The van der Waals surface area contributed by atoms with Gasteiger partial charge in [0.15, 0.2) is 4.80 Å². The first kappa shape index (κ1) is 22.3. The van der Waals surface area contributed by atoms with Crippen LogP contribution in [0.25, 0.3) is 10.2 Å². The van der Waals surface area contributed by atoms with Crippen LogP contribution in [-0.2, 0) is 16.1 Å². The summed E-state index contributed by atoms with van der Waals surface area (Å²) in [5.74, 6) is 0.912. The molecule has 0 fully saturated rings. The van der Waals surface area contributed by atoms with Crippen molar-refractivity contribution >= 4 is 33.4 Å². The molecule has 0 saturated heterocycles. The van der Waals surface area contributed by atoms with Gasteiger partial charge in [0.25, 0.3) is 5.91 Å². The molecule has 8 heteroatoms. The second-order valence-electron chi connectivity index (χ2n) is 6.94. The molecule has 0 unspecified atom stereocenters. The lowest BCUT2D eigenvalue weighted by molar-refractivity contribution is -0.143. The molecule has 4 rings (SSSR count). The standard InChI is InChI=1S/C25H22N2O5S/c1-3-31-22(28)16-27-23-20(30-2)13-8-14-21(23)33-25(27)26-24(29)17-9-7-12-19(15-17)32-18-10-5-4-6-11-18/h4-15H,3,16H2,1-2H3. The number of ether oxygens (including phenoxy) is 3. The minimum atomic E-state index is -0.448. The first-order valence-corrected chi connectivity index (χ1v) is 11.1. The number of methoxy groups -OCH3 is 1. The van der Waals surface area contributed by atoms with Gasteiger partial charge >= 0.3 is 5.97 Å². The third-order valence-corrected chi connectivity index (χ3v) is 5.78. The molecule has 1 aromatic heterocycles. The molecule has 0 aliphatic heterocycles. The average Bonchev–Trinajstić information content (AvgIpc) is 3.17. The van der Waals surface area contributed by atoms with Gasteiger partial charge in [-0.1, -0.05) is 41.7 Å². The summed E-state index contributed by atoms with van der Waals surface area (Å²) < 4.78 is 18.9. The maximum absolute atomic E-state index is 13.0. The number of thiazole rings is 1. The monoisotopic (exact) mass is 462 g/mol. The first-order valence-electron chi connectivity index (χ1n) is 10.3. The highest BCUT2D eigenvalue weighted by atomic mass is 32.1. The topological polar surface area (TPSA) is 79.1 Å². The molecular formula is C25H22N2O5S. The minimum absolute atomic E-state index is 0.0858. The number of fused-ring (bicyclic) bond motifs is 1. The number of nitrogens with zero attached hydrogens (tertiary/aromatic N) is 2. The van der Waals surface area contributed by atoms with Crippen molar-refractivity contribution in [1.82, 2.24) is 4.57 Å². The highest BCUT2D eigenvalue weighted by molar-refractivity contribution is 7.16. The zero-order valence-electron chi connectivity index (χ0n) is 18.2. The van der Waals surface area contributed by atoms with E-state index in [0.717, 1.165) is 4.70 Å². The molecular weight excluding hydrogens is 440 g/mol. The maximum atomic E-state index is 13.0. The van der Waals surface area contributed by atoms with Crippen LogP contribution in [0.15, 0.2) is 77.8 Å². The maximum Gasteiger partial charge on any atom is 0.326 e. The van der Waals surface area contributed by atoms with Gasteiger partial charge in [0, 0.05) is 5.56 Å². The molecule has 0 aliphatic carbocycles. The summed E-state index contributed by atoms with van der Waals surface area (Å²) in [5, 5.41) is 0. The molecule has 0 atom stereocenters. The van der Waals surface area contributed by atoms with E-state index in [1.807, 2.05) is 42.5 Å². The van der Waals surface area contributed by atoms with Gasteiger partial charge in [0.2, 0.25) is 0 Å². The van der Waals surface area contributed by atoms with Gasteiger partial charge < -0.3 is 18.8 Å². The highest BCUT2D eigenvalue weighted by Gasteiger charge is 2.16. The fourth-order valence-electron chi connectivity index (χ4n) is 3.30. The molecule has 0 saturated carbocycles. The number of hydrogen-bond acceptors (Lipinski definition) is 6. The third kappa shape index (κ3) is 5.12. The molecule has 0 spiro atoms. The molecule has 1 amide bonds. The van der Waals surface area contributed by atoms with Gasteiger partial charge in [-0.05, 0) is 49.4 Å². The van der Waals surface area contributed by atoms with Crippen LogP contribution in [-0.4, -0.2) is 30.2 Å². The third-order valence-electron chi connectivity index (χ3n) is 4.73. The lowest BCUT2D eigenvalue weighted by atomic mass is 10.2. The number of esters is 1. The zero-order chi connectivity index (χ0) is 23.2. The summed E-state index contributed by atoms with van der Waals surface area (Å²) in [6.45, 7) is 1.92. The van der Waals surface area contributed by atoms with Gasteiger partial charge in [-0.15, -0.1) is 0 Å². The van der Waals surface area contributed by atoms with Crippen LogP contribution >= 0.6 is 11.3 Å². The quantitative estimate of drug-likeness (QED) is 0.368. The van der Waals surface area contributed by atoms with Crippen molar-refractivity contribution in [2.24, 2.45) is 4.99 Å². The minimum Gasteiger partial charge on any atom is -0.495 e. The molecule has 3 aromatic carbocycles. The number of carbonyl (C=O) groups excluding carboxylic acids is 2. The van der Waals surface area contributed by atoms with Crippen molar-refractivity contribution < 1.29 is 23.8 Å². The van der Waals surface area contributed by atoms with Crippen LogP contribution in [0.4, 0.5) is 0 Å². The van der Waals surface area contributed by atoms with Gasteiger partial charge in [-0.2, -0.15) is 4.99 Å². The molecule has 4 aromatic rings. The normalized spacial score (nSPS) is 11.4. The Kier molecular flexibility index (Phi) is 6.85. The van der Waals surface area contributed by atoms with E-state index >= 15 is 0 Å². The predicted molar refractivity (Wildman–Crippen MR) is 126 cm³/mol. The van der Waals surface area contributed by atoms with E-state index in [9.17, 15) is 9.59 Å². The van der Waals surface area contributed by atoms with E-state index < -0.39 is 11.9 Å². The fourth-order valence-corrected chi connectivity index (χ4v) is 4.34. The largest absolute Gasteiger partial charge is 0.495 e. The zero-order valence-corrected chi connectivity index (χ0v) is 19.0. The van der Waals surface area contributed by atoms with Crippen molar-refractivity contribution in [1.29, 1.82) is 0 Å². The number of benzene rings is 3. The van der Waals surface area contributed by atoms with Gasteiger partial charge in [0.1, 0.15) is 29.3 Å². The highest BCUT2D eigenvalue weighted by Crippen LogP contribution is 2.27. The summed E-state index contributed by atoms with van der Waals surface area (Å²) in [7, 11) is 1.56. The van der Waals surface area contributed by atoms with E-state index in [-0.39, 0.29) is 13.2 Å². The molecule has 1 heterocycles. The Hall–Kier alpha value is -3.91. The Bertz CT molecular complexity index is 1360. The Morgan fingerprint density at radius 1 is 0.970 bits per heavy atom. The molecule has 168 valence electrons. The summed E-state index contributed by atoms with van der Waals surface area (Å²) in [6, 6.07) is 21.7. The first-order chi connectivity index (χ1) is 16.1. The van der Waals surface area contributed by atoms with Crippen LogP contribution in [0.3, 0.4) is 0 Å². The van der Waals surface area contributed by atoms with Crippen molar-refractivity contribution in [3.8, 4) is 17.2 Å². The van der Waals surface area contributed by atoms with Gasteiger partial charge in [-0.25, -0.2) is 0 Å². The Morgan fingerprint density at radius 2 is 1.73 bits per heavy atom. The van der Waals surface area contributed by atoms with Gasteiger partial charge in [-0.3, -0.25) is 9.59 Å². The molecule has 33 heavy (non-hydrogen) atoms. The van der Waals surface area contributed by atoms with Crippen molar-refractivity contribution in [3.05, 3.63) is 83.2 Å². The SMILES string of the molecule is CCOC(=O)Cn1c(=NC(=O)c2cccc(Oc3ccccc3)c2)sc2cccc(OC)c21. The number of amides is 1. The number of carbonyl (C=O) groups is 2. The smallest absolute Gasteiger partial charge is 0.326 e. The second kappa shape index (κ2) is 10.1. The van der Waals surface area contributed by atoms with Crippen molar-refractivity contribution in [3.63, 3.8) is 0 Å². The van der Waals surface area contributed by atoms with Crippen LogP contribution in [0.2, 0.25) is 0 Å². The van der Waals surface area contributed by atoms with Crippen molar-refractivity contribution in [2.45, 2.75) is 13.5 Å². The Labute approximate surface area is 194 Å². The number of aromatic nitrogens is 1. The van der Waals surface area contributed by atoms with E-state index in [1.165, 1.54) is 11.3 Å². The van der Waals surface area contributed by atoms with Crippen molar-refractivity contribution in [2.75, 3.05) is 13.7 Å². The number of para-hydroxylation sites is 2. The Morgan fingerprint density at radius 3 is 2.48 bits per heavy atom. The van der Waals surface area contributed by atoms with E-state index in [1.54, 1.807) is 48.9 Å². The summed E-state index contributed by atoms with van der Waals surface area (Å²) in [6.07, 6.45) is 0. The van der Waals surface area contributed by atoms with E-state index in [2.05, 4.69) is 4.99 Å². The van der Waals surface area contributed by atoms with Crippen LogP contribution in [0.1, 0.15) is 17.3 Å². The summed E-state index contributed by atoms with van der Waals surface area (Å²) >= 11 is 1.30. The summed E-state index contributed by atoms with van der Waals surface area (Å²) in [4.78, 5) is 30.0. The van der Waals surface area contributed by atoms with E-state index in [0.29, 0.717) is 33.1 Å². The number of rotatable bonds is 7. The van der Waals surface area contributed by atoms with Crippen LogP contribution < -0.4 is 14.3 Å². The second-order valence-corrected chi connectivity index (χ2v) is 7.95. The van der Waals surface area contributed by atoms with Crippen LogP contribution in [0.5, 0.6) is 17.2 Å². The lowest BCUT2D eigenvalue weighted by Gasteiger charge is -2.08. The fraction of sp³-hybridized carbons (Fsp3) is 0.160. The summed E-state index contributed by atoms with van der Waals surface area (Å²) in [5.41, 5.74) is 1.06. The molecule has 0 bridgehead atoms. The molecule has 0 N–H and O–H groups in total. The molecule has 0 radical (unpaired) electrons. The number of hydrogen-bond donors (Lipinski definition) is 0. The lowest BCUT2D eigenvalue weighted by Crippen LogP contribution is -2.23. The van der Waals surface area contributed by atoms with E-state index in [4.69, 9.17) is 14.2 Å². The average molecular weight is 463 g/mol. The molecule has 7 nitrogen and oxygen atoms in total.